The fourth-order valence-corrected chi connectivity index (χ4v) is 2.15. The first-order valence-electron chi connectivity index (χ1n) is 5.86. The van der Waals surface area contributed by atoms with Gasteiger partial charge in [-0.25, -0.2) is 0 Å². The molecule has 6 heteroatoms. The van der Waals surface area contributed by atoms with E-state index in [9.17, 15) is 0 Å². The molecule has 0 unspecified atom stereocenters. The molecule has 2 heterocycles. The van der Waals surface area contributed by atoms with Crippen LogP contribution in [0.5, 0.6) is 5.75 Å². The van der Waals surface area contributed by atoms with Gasteiger partial charge in [0.2, 0.25) is 11.8 Å². The second-order valence-electron chi connectivity index (χ2n) is 4.00. The lowest BCUT2D eigenvalue weighted by atomic mass is 10.2. The van der Waals surface area contributed by atoms with E-state index in [1.807, 2.05) is 30.3 Å². The molecule has 2 aromatic heterocycles. The molecule has 0 saturated heterocycles. The van der Waals surface area contributed by atoms with E-state index in [2.05, 4.69) is 31.1 Å². The number of aromatic nitrogens is 3. The van der Waals surface area contributed by atoms with Crippen molar-refractivity contribution < 1.29 is 9.15 Å². The molecule has 0 N–H and O–H groups in total. The second kappa shape index (κ2) is 5.42. The van der Waals surface area contributed by atoms with Gasteiger partial charge < -0.3 is 9.15 Å². The number of ether oxygens (including phenoxy) is 1. The monoisotopic (exact) mass is 331 g/mol. The Morgan fingerprint density at radius 3 is 2.75 bits per heavy atom. The minimum Gasteiger partial charge on any atom is -0.497 e. The van der Waals surface area contributed by atoms with Crippen molar-refractivity contribution in [3.63, 3.8) is 0 Å². The van der Waals surface area contributed by atoms with Gasteiger partial charge in [0.15, 0.2) is 0 Å². The molecule has 0 aliphatic heterocycles. The highest BCUT2D eigenvalue weighted by Gasteiger charge is 2.14. The number of benzene rings is 1. The molecule has 0 atom stereocenters. The molecule has 100 valence electrons. The molecule has 0 saturated carbocycles. The predicted octanol–water partition coefficient (Wildman–Crippen LogP) is 3.57. The maximum absolute atomic E-state index is 5.69. The minimum atomic E-state index is 0.426. The van der Waals surface area contributed by atoms with Crippen molar-refractivity contribution in [1.29, 1.82) is 0 Å². The molecule has 0 bridgehead atoms. The van der Waals surface area contributed by atoms with Crippen LogP contribution in [0.1, 0.15) is 0 Å². The molecular weight excluding hydrogens is 322 g/mol. The average Bonchev–Trinajstić information content (AvgIpc) is 2.98. The van der Waals surface area contributed by atoms with Crippen molar-refractivity contribution in [2.75, 3.05) is 7.11 Å². The summed E-state index contributed by atoms with van der Waals surface area (Å²) < 4.78 is 11.8. The summed E-state index contributed by atoms with van der Waals surface area (Å²) in [7, 11) is 1.61. The van der Waals surface area contributed by atoms with E-state index in [4.69, 9.17) is 9.15 Å². The Bertz CT molecular complexity index is 728. The summed E-state index contributed by atoms with van der Waals surface area (Å²) in [5.74, 6) is 1.58. The highest BCUT2D eigenvalue weighted by Crippen LogP contribution is 2.32. The van der Waals surface area contributed by atoms with Gasteiger partial charge >= 0.3 is 0 Å². The van der Waals surface area contributed by atoms with Crippen LogP contribution in [0.3, 0.4) is 0 Å². The van der Waals surface area contributed by atoms with Crippen LogP contribution < -0.4 is 4.74 Å². The Morgan fingerprint density at radius 1 is 1.15 bits per heavy atom. The third-order valence-corrected chi connectivity index (χ3v) is 3.43. The lowest BCUT2D eigenvalue weighted by molar-refractivity contribution is 0.414. The molecule has 0 aliphatic rings. The Hall–Kier alpha value is -2.21. The van der Waals surface area contributed by atoms with Gasteiger partial charge in [0, 0.05) is 16.9 Å². The van der Waals surface area contributed by atoms with Gasteiger partial charge in [0.05, 0.1) is 18.2 Å². The van der Waals surface area contributed by atoms with E-state index >= 15 is 0 Å². The van der Waals surface area contributed by atoms with Crippen LogP contribution in [0.2, 0.25) is 0 Å². The molecule has 0 radical (unpaired) electrons. The minimum absolute atomic E-state index is 0.426. The van der Waals surface area contributed by atoms with Crippen molar-refractivity contribution in [2.24, 2.45) is 0 Å². The number of hydrogen-bond donors (Lipinski definition) is 0. The molecule has 0 spiro atoms. The summed E-state index contributed by atoms with van der Waals surface area (Å²) in [5.41, 5.74) is 1.57. The summed E-state index contributed by atoms with van der Waals surface area (Å²) in [4.78, 5) is 4.03. The van der Waals surface area contributed by atoms with Gasteiger partial charge in [-0.3, -0.25) is 4.98 Å². The largest absolute Gasteiger partial charge is 0.497 e. The molecule has 3 aromatic rings. The van der Waals surface area contributed by atoms with Crippen LogP contribution in [-0.2, 0) is 0 Å². The predicted molar refractivity (Wildman–Crippen MR) is 77.2 cm³/mol. The van der Waals surface area contributed by atoms with Crippen molar-refractivity contribution >= 4 is 15.9 Å². The lowest BCUT2D eigenvalue weighted by Crippen LogP contribution is -1.85. The van der Waals surface area contributed by atoms with E-state index in [1.54, 1.807) is 19.5 Å². The molecule has 1 aromatic carbocycles. The number of hydrogen-bond acceptors (Lipinski definition) is 5. The molecule has 20 heavy (non-hydrogen) atoms. The van der Waals surface area contributed by atoms with Crippen LogP contribution in [0.4, 0.5) is 0 Å². The number of rotatable bonds is 3. The molecule has 0 aliphatic carbocycles. The molecule has 0 fully saturated rings. The van der Waals surface area contributed by atoms with Gasteiger partial charge in [-0.05, 0) is 46.3 Å². The van der Waals surface area contributed by atoms with Gasteiger partial charge in [-0.1, -0.05) is 0 Å². The van der Waals surface area contributed by atoms with Crippen molar-refractivity contribution in [3.8, 4) is 28.7 Å². The van der Waals surface area contributed by atoms with Gasteiger partial charge in [0.1, 0.15) is 5.75 Å². The van der Waals surface area contributed by atoms with E-state index in [0.717, 1.165) is 21.3 Å². The summed E-state index contributed by atoms with van der Waals surface area (Å²) in [6.07, 6.45) is 3.37. The Labute approximate surface area is 123 Å². The van der Waals surface area contributed by atoms with E-state index in [-0.39, 0.29) is 0 Å². The third kappa shape index (κ3) is 2.42. The summed E-state index contributed by atoms with van der Waals surface area (Å²) in [6, 6.07) is 9.25. The Morgan fingerprint density at radius 2 is 2.00 bits per heavy atom. The molecular formula is C14H10BrN3O2. The van der Waals surface area contributed by atoms with Crippen LogP contribution in [0.15, 0.2) is 51.6 Å². The summed E-state index contributed by atoms with van der Waals surface area (Å²) in [6.45, 7) is 0. The normalized spacial score (nSPS) is 10.5. The highest BCUT2D eigenvalue weighted by atomic mass is 79.9. The van der Waals surface area contributed by atoms with Crippen LogP contribution in [0, 0.1) is 0 Å². The fraction of sp³-hybridized carbons (Fsp3) is 0.0714. The quantitative estimate of drug-likeness (QED) is 0.734. The van der Waals surface area contributed by atoms with Crippen LogP contribution in [-0.4, -0.2) is 22.3 Å². The van der Waals surface area contributed by atoms with Gasteiger partial charge in [-0.2, -0.15) is 0 Å². The SMILES string of the molecule is COc1ccc(Br)c(-c2nnc(-c3cccnc3)o2)c1. The van der Waals surface area contributed by atoms with Crippen molar-refractivity contribution in [2.45, 2.75) is 0 Å². The highest BCUT2D eigenvalue weighted by molar-refractivity contribution is 9.10. The molecule has 5 nitrogen and oxygen atoms in total. The zero-order valence-electron chi connectivity index (χ0n) is 10.6. The second-order valence-corrected chi connectivity index (χ2v) is 4.85. The Kier molecular flexibility index (Phi) is 3.47. The first-order valence-corrected chi connectivity index (χ1v) is 6.65. The first kappa shape index (κ1) is 12.8. The topological polar surface area (TPSA) is 61.0 Å². The number of nitrogens with zero attached hydrogens (tertiary/aromatic N) is 3. The number of halogens is 1. The zero-order valence-corrected chi connectivity index (χ0v) is 12.2. The average molecular weight is 332 g/mol. The van der Waals surface area contributed by atoms with Gasteiger partial charge in [-0.15, -0.1) is 10.2 Å². The van der Waals surface area contributed by atoms with Gasteiger partial charge in [0.25, 0.3) is 0 Å². The Balaban J connectivity index is 2.02. The van der Waals surface area contributed by atoms with E-state index in [1.165, 1.54) is 0 Å². The standard InChI is InChI=1S/C14H10BrN3O2/c1-19-10-4-5-12(15)11(7-10)14-18-17-13(20-14)9-3-2-6-16-8-9/h2-8H,1H3. The maximum atomic E-state index is 5.69. The first-order chi connectivity index (χ1) is 9.78. The smallest absolute Gasteiger partial charge is 0.249 e. The van der Waals surface area contributed by atoms with Crippen molar-refractivity contribution in [1.82, 2.24) is 15.2 Å². The molecule has 3 rings (SSSR count). The van der Waals surface area contributed by atoms with E-state index < -0.39 is 0 Å². The zero-order chi connectivity index (χ0) is 13.9. The maximum Gasteiger partial charge on any atom is 0.249 e. The summed E-state index contributed by atoms with van der Waals surface area (Å²) in [5, 5.41) is 8.11. The van der Waals surface area contributed by atoms with Crippen LogP contribution >= 0.6 is 15.9 Å². The molecule has 0 amide bonds. The third-order valence-electron chi connectivity index (χ3n) is 2.74. The number of pyridine rings is 1. The fourth-order valence-electron chi connectivity index (χ4n) is 1.73. The summed E-state index contributed by atoms with van der Waals surface area (Å²) >= 11 is 3.47. The number of methoxy groups -OCH3 is 1. The lowest BCUT2D eigenvalue weighted by Gasteiger charge is -2.03. The van der Waals surface area contributed by atoms with Crippen LogP contribution in [0.25, 0.3) is 22.9 Å². The van der Waals surface area contributed by atoms with E-state index in [0.29, 0.717) is 11.8 Å². The van der Waals surface area contributed by atoms with Crippen molar-refractivity contribution in [3.05, 3.63) is 47.2 Å².